The normalized spacial score (nSPS) is 16.5. The van der Waals surface area contributed by atoms with Crippen molar-refractivity contribution < 1.29 is 22.7 Å². The zero-order valence-electron chi connectivity index (χ0n) is 10.4. The van der Waals surface area contributed by atoms with E-state index in [1.807, 2.05) is 0 Å². The highest BCUT2D eigenvalue weighted by atomic mass is 19.4. The van der Waals surface area contributed by atoms with Crippen molar-refractivity contribution in [2.75, 3.05) is 13.2 Å². The molecule has 0 spiro atoms. The third-order valence-corrected chi connectivity index (χ3v) is 2.27. The Labute approximate surface area is 98.7 Å². The molecular formula is C10H19F3N2O2. The lowest BCUT2D eigenvalue weighted by Crippen LogP contribution is -2.62. The van der Waals surface area contributed by atoms with Crippen LogP contribution in [-0.4, -0.2) is 36.4 Å². The summed E-state index contributed by atoms with van der Waals surface area (Å²) in [7, 11) is 0. The van der Waals surface area contributed by atoms with E-state index in [1.54, 1.807) is 20.8 Å². The van der Waals surface area contributed by atoms with Gasteiger partial charge in [0.1, 0.15) is 0 Å². The van der Waals surface area contributed by atoms with Crippen molar-refractivity contribution in [1.29, 1.82) is 0 Å². The first-order valence-corrected chi connectivity index (χ1v) is 5.22. The van der Waals surface area contributed by atoms with E-state index in [2.05, 4.69) is 5.32 Å². The van der Waals surface area contributed by atoms with Gasteiger partial charge in [0, 0.05) is 13.2 Å². The molecule has 4 nitrogen and oxygen atoms in total. The summed E-state index contributed by atoms with van der Waals surface area (Å²) in [6.07, 6.45) is -4.78. The molecule has 0 rings (SSSR count). The number of nitrogens with one attached hydrogen (secondary N) is 1. The van der Waals surface area contributed by atoms with E-state index >= 15 is 0 Å². The van der Waals surface area contributed by atoms with Crippen molar-refractivity contribution >= 4 is 5.91 Å². The quantitative estimate of drug-likeness (QED) is 0.776. The molecule has 1 atom stereocenters. The Hall–Kier alpha value is -0.820. The van der Waals surface area contributed by atoms with Gasteiger partial charge in [-0.2, -0.15) is 13.2 Å². The highest BCUT2D eigenvalue weighted by Gasteiger charge is 2.54. The fraction of sp³-hybridized carbons (Fsp3) is 0.900. The Morgan fingerprint density at radius 1 is 1.29 bits per heavy atom. The molecule has 0 aliphatic rings. The number of halogens is 3. The maximum Gasteiger partial charge on any atom is 0.415 e. The van der Waals surface area contributed by atoms with Crippen molar-refractivity contribution in [3.63, 3.8) is 0 Å². The smallest absolute Gasteiger partial charge is 0.374 e. The van der Waals surface area contributed by atoms with Crippen LogP contribution in [0.5, 0.6) is 0 Å². The van der Waals surface area contributed by atoms with Crippen molar-refractivity contribution in [3.8, 4) is 0 Å². The first kappa shape index (κ1) is 16.2. The molecule has 102 valence electrons. The molecular weight excluding hydrogens is 237 g/mol. The third kappa shape index (κ3) is 4.51. The molecule has 1 amide bonds. The van der Waals surface area contributed by atoms with Crippen LogP contribution in [0.3, 0.4) is 0 Å². The zero-order valence-corrected chi connectivity index (χ0v) is 10.4. The predicted molar refractivity (Wildman–Crippen MR) is 57.4 cm³/mol. The van der Waals surface area contributed by atoms with Gasteiger partial charge in [-0.25, -0.2) is 0 Å². The van der Waals surface area contributed by atoms with Gasteiger partial charge in [0.2, 0.25) is 5.91 Å². The lowest BCUT2D eigenvalue weighted by Gasteiger charge is -2.30. The number of nitrogens with two attached hydrogens (primary N) is 1. The fourth-order valence-electron chi connectivity index (χ4n) is 1.05. The number of hydrogen-bond acceptors (Lipinski definition) is 3. The highest BCUT2D eigenvalue weighted by Crippen LogP contribution is 2.28. The molecule has 0 saturated heterocycles. The van der Waals surface area contributed by atoms with Gasteiger partial charge < -0.3 is 15.8 Å². The van der Waals surface area contributed by atoms with Crippen LogP contribution in [0.15, 0.2) is 0 Å². The summed E-state index contributed by atoms with van der Waals surface area (Å²) >= 11 is 0. The molecule has 1 unspecified atom stereocenters. The van der Waals surface area contributed by atoms with Crippen LogP contribution >= 0.6 is 0 Å². The summed E-state index contributed by atoms with van der Waals surface area (Å²) in [5, 5.41) is 2.15. The number of hydrogen-bond donors (Lipinski definition) is 2. The van der Waals surface area contributed by atoms with Crippen LogP contribution < -0.4 is 11.1 Å². The Bertz CT molecular complexity index is 275. The van der Waals surface area contributed by atoms with E-state index < -0.39 is 23.2 Å². The van der Waals surface area contributed by atoms with Crippen LogP contribution in [-0.2, 0) is 9.53 Å². The Balaban J connectivity index is 4.48. The molecule has 0 aromatic carbocycles. The first-order valence-electron chi connectivity index (χ1n) is 5.22. The Morgan fingerprint density at radius 2 is 1.76 bits per heavy atom. The standard InChI is InChI=1S/C10H19F3N2O2/c1-5-17-8(2,3)6-15-7(16)9(4,14)10(11,12)13/h5-6,14H2,1-4H3,(H,15,16). The maximum absolute atomic E-state index is 12.4. The number of rotatable bonds is 5. The third-order valence-electron chi connectivity index (χ3n) is 2.27. The van der Waals surface area contributed by atoms with Gasteiger partial charge >= 0.3 is 6.18 Å². The van der Waals surface area contributed by atoms with Gasteiger partial charge in [-0.1, -0.05) is 0 Å². The predicted octanol–water partition coefficient (Wildman–Crippen LogP) is 1.20. The molecule has 0 aromatic heterocycles. The van der Waals surface area contributed by atoms with Gasteiger partial charge in [0.25, 0.3) is 0 Å². The number of alkyl halides is 3. The molecule has 0 heterocycles. The van der Waals surface area contributed by atoms with Crippen LogP contribution in [0, 0.1) is 0 Å². The number of amides is 1. The monoisotopic (exact) mass is 256 g/mol. The average Bonchev–Trinajstić information content (AvgIpc) is 2.12. The summed E-state index contributed by atoms with van der Waals surface area (Å²) in [4.78, 5) is 11.4. The Kier molecular flexibility index (Phi) is 4.97. The van der Waals surface area contributed by atoms with Gasteiger partial charge in [0.05, 0.1) is 5.60 Å². The number of carbonyl (C=O) groups excluding carboxylic acids is 1. The Morgan fingerprint density at radius 3 is 2.12 bits per heavy atom. The molecule has 0 aromatic rings. The second kappa shape index (κ2) is 5.22. The molecule has 0 fully saturated rings. The van der Waals surface area contributed by atoms with E-state index in [0.29, 0.717) is 13.5 Å². The molecule has 17 heavy (non-hydrogen) atoms. The van der Waals surface area contributed by atoms with Crippen molar-refractivity contribution in [3.05, 3.63) is 0 Å². The van der Waals surface area contributed by atoms with E-state index in [0.717, 1.165) is 0 Å². The summed E-state index contributed by atoms with van der Waals surface area (Å²) in [6.45, 7) is 6.09. The van der Waals surface area contributed by atoms with Gasteiger partial charge in [-0.15, -0.1) is 0 Å². The van der Waals surface area contributed by atoms with Crippen LogP contribution in [0.2, 0.25) is 0 Å². The average molecular weight is 256 g/mol. The maximum atomic E-state index is 12.4. The van der Waals surface area contributed by atoms with E-state index in [4.69, 9.17) is 10.5 Å². The van der Waals surface area contributed by atoms with E-state index in [1.165, 1.54) is 0 Å². The molecule has 0 bridgehead atoms. The molecule has 0 aliphatic carbocycles. The summed E-state index contributed by atoms with van der Waals surface area (Å²) in [5.41, 5.74) is 1.34. The van der Waals surface area contributed by atoms with Crippen molar-refractivity contribution in [2.45, 2.75) is 45.0 Å². The summed E-state index contributed by atoms with van der Waals surface area (Å²) in [5.74, 6) is -1.27. The van der Waals surface area contributed by atoms with E-state index in [9.17, 15) is 18.0 Å². The number of ether oxygens (including phenoxy) is 1. The van der Waals surface area contributed by atoms with E-state index in [-0.39, 0.29) is 6.54 Å². The minimum atomic E-state index is -4.78. The lowest BCUT2D eigenvalue weighted by molar-refractivity contribution is -0.188. The highest BCUT2D eigenvalue weighted by molar-refractivity contribution is 5.86. The van der Waals surface area contributed by atoms with Crippen molar-refractivity contribution in [1.82, 2.24) is 5.32 Å². The number of carbonyl (C=O) groups is 1. The molecule has 0 saturated carbocycles. The topological polar surface area (TPSA) is 64.3 Å². The second-order valence-corrected chi connectivity index (χ2v) is 4.58. The van der Waals surface area contributed by atoms with Crippen molar-refractivity contribution in [2.24, 2.45) is 5.73 Å². The molecule has 3 N–H and O–H groups in total. The first-order chi connectivity index (χ1) is 7.44. The van der Waals surface area contributed by atoms with Crippen LogP contribution in [0.25, 0.3) is 0 Å². The minimum absolute atomic E-state index is 0.0391. The molecule has 7 heteroatoms. The van der Waals surface area contributed by atoms with Gasteiger partial charge in [-0.3, -0.25) is 4.79 Å². The zero-order chi connectivity index (χ0) is 13.9. The molecule has 0 radical (unpaired) electrons. The second-order valence-electron chi connectivity index (χ2n) is 4.58. The van der Waals surface area contributed by atoms with Gasteiger partial charge in [-0.05, 0) is 27.7 Å². The SMILES string of the molecule is CCOC(C)(C)CNC(=O)C(C)(N)C(F)(F)F. The largest absolute Gasteiger partial charge is 0.415 e. The lowest BCUT2D eigenvalue weighted by atomic mass is 10.0. The van der Waals surface area contributed by atoms with Crippen LogP contribution in [0.1, 0.15) is 27.7 Å². The van der Waals surface area contributed by atoms with Crippen LogP contribution in [0.4, 0.5) is 13.2 Å². The summed E-state index contributed by atoms with van der Waals surface area (Å²) in [6, 6.07) is 0. The minimum Gasteiger partial charge on any atom is -0.374 e. The van der Waals surface area contributed by atoms with Gasteiger partial charge in [0.15, 0.2) is 5.54 Å². The molecule has 0 aliphatic heterocycles. The summed E-state index contributed by atoms with van der Waals surface area (Å²) < 4.78 is 42.5. The fourth-order valence-corrected chi connectivity index (χ4v) is 1.05.